The summed E-state index contributed by atoms with van der Waals surface area (Å²) in [6.07, 6.45) is 4.04. The van der Waals surface area contributed by atoms with Gasteiger partial charge < -0.3 is 9.84 Å². The molecule has 0 radical (unpaired) electrons. The van der Waals surface area contributed by atoms with Crippen molar-refractivity contribution < 1.29 is 24.6 Å². The number of carbonyl (C=O) groups is 2. The number of amides is 2. The molecule has 2 amide bonds. The molecule has 8 nitrogen and oxygen atoms in total. The number of ether oxygens (including phenoxy) is 1. The lowest BCUT2D eigenvalue weighted by Crippen LogP contribution is -2.17. The lowest BCUT2D eigenvalue weighted by molar-refractivity contribution is -0.124. The first kappa shape index (κ1) is 19.8. The normalized spacial score (nSPS) is 10.9. The number of nitrogens with one attached hydrogen (secondary N) is 2. The van der Waals surface area contributed by atoms with Crippen molar-refractivity contribution >= 4 is 24.1 Å². The van der Waals surface area contributed by atoms with Crippen molar-refractivity contribution in [2.24, 2.45) is 5.10 Å². The summed E-state index contributed by atoms with van der Waals surface area (Å²) in [5.74, 6) is -0.558. The zero-order valence-corrected chi connectivity index (χ0v) is 14.3. The predicted molar refractivity (Wildman–Crippen MR) is 99.5 cm³/mol. The highest BCUT2D eigenvalue weighted by atomic mass is 16.5. The Balaban J connectivity index is 2.03. The molecule has 2 aromatic carbocycles. The first-order valence-electron chi connectivity index (χ1n) is 8.02. The van der Waals surface area contributed by atoms with E-state index in [1.807, 2.05) is 0 Å². The fraction of sp³-hybridized carbons (Fsp3) is 0.105. The first-order chi connectivity index (χ1) is 13.1. The smallest absolute Gasteiger partial charge is 0.271 e. The monoisotopic (exact) mass is 369 g/mol. The summed E-state index contributed by atoms with van der Waals surface area (Å²) in [5, 5.41) is 21.2. The van der Waals surface area contributed by atoms with Gasteiger partial charge in [0, 0.05) is 17.2 Å². The van der Waals surface area contributed by atoms with Crippen molar-refractivity contribution in [2.45, 2.75) is 0 Å². The second-order valence-electron chi connectivity index (χ2n) is 5.24. The number of hydrogen-bond donors (Lipinski definition) is 4. The van der Waals surface area contributed by atoms with Crippen LogP contribution < -0.4 is 15.6 Å². The number of nitrogens with zero attached hydrogens (tertiary/aromatic N) is 1. The number of hydrogen-bond acceptors (Lipinski definition) is 6. The molecule has 2 aromatic rings. The molecular formula is C19H19N3O5. The Bertz CT molecular complexity index is 849. The first-order valence-corrected chi connectivity index (χ1v) is 8.02. The molecule has 0 saturated heterocycles. The molecule has 0 aliphatic carbocycles. The molecule has 0 heterocycles. The van der Waals surface area contributed by atoms with Crippen LogP contribution in [0.3, 0.4) is 0 Å². The summed E-state index contributed by atoms with van der Waals surface area (Å²) >= 11 is 0. The molecule has 0 aromatic heterocycles. The van der Waals surface area contributed by atoms with Crippen molar-refractivity contribution in [1.82, 2.24) is 10.9 Å². The molecule has 4 N–H and O–H groups in total. The minimum absolute atomic E-state index is 0.104. The molecule has 0 bridgehead atoms. The summed E-state index contributed by atoms with van der Waals surface area (Å²) in [7, 11) is 0. The van der Waals surface area contributed by atoms with Crippen LogP contribution in [-0.4, -0.2) is 41.6 Å². The van der Waals surface area contributed by atoms with E-state index in [1.54, 1.807) is 48.5 Å². The minimum atomic E-state index is -0.670. The van der Waals surface area contributed by atoms with Gasteiger partial charge in [-0.2, -0.15) is 5.10 Å². The van der Waals surface area contributed by atoms with Crippen LogP contribution in [0.1, 0.15) is 21.5 Å². The summed E-state index contributed by atoms with van der Waals surface area (Å²) in [4.78, 5) is 23.2. The van der Waals surface area contributed by atoms with Gasteiger partial charge in [0.2, 0.25) is 0 Å². The number of rotatable bonds is 8. The van der Waals surface area contributed by atoms with E-state index in [9.17, 15) is 9.59 Å². The highest BCUT2D eigenvalue weighted by molar-refractivity contribution is 5.96. The van der Waals surface area contributed by atoms with Crippen LogP contribution in [0.4, 0.5) is 0 Å². The zero-order valence-electron chi connectivity index (χ0n) is 14.3. The van der Waals surface area contributed by atoms with Crippen LogP contribution in [0.5, 0.6) is 5.75 Å². The van der Waals surface area contributed by atoms with Gasteiger partial charge in [-0.1, -0.05) is 24.3 Å². The minimum Gasteiger partial charge on any atom is -0.491 e. The molecule has 0 unspecified atom stereocenters. The van der Waals surface area contributed by atoms with Gasteiger partial charge >= 0.3 is 0 Å². The number of aliphatic hydroxyl groups excluding tert-OH is 1. The zero-order chi connectivity index (χ0) is 19.5. The number of aliphatic hydroxyl groups is 1. The third-order valence-corrected chi connectivity index (χ3v) is 3.32. The number of hydroxylamine groups is 1. The van der Waals surface area contributed by atoms with Crippen molar-refractivity contribution in [3.63, 3.8) is 0 Å². The maximum absolute atomic E-state index is 12.2. The second kappa shape index (κ2) is 10.5. The average molecular weight is 369 g/mol. The molecule has 140 valence electrons. The van der Waals surface area contributed by atoms with Gasteiger partial charge in [-0.3, -0.25) is 14.8 Å². The second-order valence-corrected chi connectivity index (χ2v) is 5.24. The average Bonchev–Trinajstić information content (AvgIpc) is 2.71. The maximum Gasteiger partial charge on any atom is 0.271 e. The van der Waals surface area contributed by atoms with E-state index in [2.05, 4.69) is 10.5 Å². The van der Waals surface area contributed by atoms with E-state index in [1.165, 1.54) is 17.8 Å². The van der Waals surface area contributed by atoms with E-state index in [4.69, 9.17) is 15.1 Å². The van der Waals surface area contributed by atoms with Gasteiger partial charge in [-0.05, 0) is 35.9 Å². The van der Waals surface area contributed by atoms with Gasteiger partial charge in [0.1, 0.15) is 12.4 Å². The standard InChI is InChI=1S/C19H19N3O5/c23-10-11-27-17-7-2-1-5-16(17)13-20-21-19(25)15-6-3-4-14(12-15)8-9-18(24)22-26/h1-9,12-13,23,26H,10-11H2,(H,21,25)(H,22,24)/b9-8+,20-13+. The molecule has 0 atom stereocenters. The molecule has 0 saturated carbocycles. The molecule has 0 aliphatic rings. The SMILES string of the molecule is O=C(/C=C/c1cccc(C(=O)N/N=C/c2ccccc2OCCO)c1)NO. The van der Waals surface area contributed by atoms with Gasteiger partial charge in [0.15, 0.2) is 0 Å². The van der Waals surface area contributed by atoms with Crippen LogP contribution >= 0.6 is 0 Å². The van der Waals surface area contributed by atoms with Crippen molar-refractivity contribution in [3.8, 4) is 5.75 Å². The fourth-order valence-corrected chi connectivity index (χ4v) is 2.09. The molecule has 27 heavy (non-hydrogen) atoms. The predicted octanol–water partition coefficient (Wildman–Crippen LogP) is 1.34. The number of benzene rings is 2. The van der Waals surface area contributed by atoms with E-state index >= 15 is 0 Å². The Morgan fingerprint density at radius 1 is 1.15 bits per heavy atom. The number of para-hydroxylation sites is 1. The third-order valence-electron chi connectivity index (χ3n) is 3.32. The largest absolute Gasteiger partial charge is 0.491 e. The molecule has 2 rings (SSSR count). The summed E-state index contributed by atoms with van der Waals surface area (Å²) in [6.45, 7) is 0.0544. The number of carbonyl (C=O) groups excluding carboxylic acids is 2. The molecule has 0 aliphatic heterocycles. The summed E-state index contributed by atoms with van der Waals surface area (Å²) in [6, 6.07) is 13.6. The van der Waals surface area contributed by atoms with Gasteiger partial charge in [0.25, 0.3) is 11.8 Å². The van der Waals surface area contributed by atoms with E-state index in [0.717, 1.165) is 6.08 Å². The van der Waals surface area contributed by atoms with Gasteiger partial charge in [0.05, 0.1) is 12.8 Å². The summed E-state index contributed by atoms with van der Waals surface area (Å²) in [5.41, 5.74) is 5.51. The molecule has 0 spiro atoms. The van der Waals surface area contributed by atoms with E-state index in [-0.39, 0.29) is 13.2 Å². The molecule has 8 heteroatoms. The van der Waals surface area contributed by atoms with Gasteiger partial charge in [-0.15, -0.1) is 0 Å². The van der Waals surface area contributed by atoms with Crippen LogP contribution in [0.15, 0.2) is 59.7 Å². The van der Waals surface area contributed by atoms with Crippen molar-refractivity contribution in [2.75, 3.05) is 13.2 Å². The van der Waals surface area contributed by atoms with E-state index < -0.39 is 11.8 Å². The van der Waals surface area contributed by atoms with Crippen LogP contribution in [0.25, 0.3) is 6.08 Å². The lowest BCUT2D eigenvalue weighted by atomic mass is 10.1. The topological polar surface area (TPSA) is 120 Å². The quantitative estimate of drug-likeness (QED) is 0.242. The Morgan fingerprint density at radius 2 is 1.96 bits per heavy atom. The third kappa shape index (κ3) is 6.38. The lowest BCUT2D eigenvalue weighted by Gasteiger charge is -2.07. The van der Waals surface area contributed by atoms with Crippen molar-refractivity contribution in [1.29, 1.82) is 0 Å². The Hall–Kier alpha value is -3.49. The Kier molecular flexibility index (Phi) is 7.70. The van der Waals surface area contributed by atoms with Crippen LogP contribution in [-0.2, 0) is 4.79 Å². The fourth-order valence-electron chi connectivity index (χ4n) is 2.09. The molecular weight excluding hydrogens is 350 g/mol. The van der Waals surface area contributed by atoms with Crippen molar-refractivity contribution in [3.05, 3.63) is 71.3 Å². The summed E-state index contributed by atoms with van der Waals surface area (Å²) < 4.78 is 5.39. The van der Waals surface area contributed by atoms with Gasteiger partial charge in [-0.25, -0.2) is 10.9 Å². The number of hydrazone groups is 1. The highest BCUT2D eigenvalue weighted by Gasteiger charge is 2.05. The highest BCUT2D eigenvalue weighted by Crippen LogP contribution is 2.15. The maximum atomic E-state index is 12.2. The van der Waals surface area contributed by atoms with Crippen LogP contribution in [0, 0.1) is 0 Å². The van der Waals surface area contributed by atoms with E-state index in [0.29, 0.717) is 22.4 Å². The molecule has 0 fully saturated rings. The Morgan fingerprint density at radius 3 is 2.74 bits per heavy atom. The Labute approximate surface area is 155 Å². The van der Waals surface area contributed by atoms with Crippen LogP contribution in [0.2, 0.25) is 0 Å².